The van der Waals surface area contributed by atoms with Crippen LogP contribution in [0.2, 0.25) is 0 Å². The van der Waals surface area contributed by atoms with Crippen LogP contribution in [0.4, 0.5) is 4.79 Å². The second-order valence-electron chi connectivity index (χ2n) is 6.45. The van der Waals surface area contributed by atoms with Crippen molar-refractivity contribution in [3.63, 3.8) is 0 Å². The van der Waals surface area contributed by atoms with Crippen molar-refractivity contribution in [3.8, 4) is 11.5 Å². The fourth-order valence-corrected chi connectivity index (χ4v) is 3.86. The molecular formula is C19H20N2O7S. The van der Waals surface area contributed by atoms with Gasteiger partial charge in [0.15, 0.2) is 18.1 Å². The van der Waals surface area contributed by atoms with Gasteiger partial charge in [0.2, 0.25) is 5.91 Å². The summed E-state index contributed by atoms with van der Waals surface area (Å²) in [6.07, 6.45) is 3.39. The number of imide groups is 1. The molecule has 9 nitrogen and oxygen atoms in total. The molecule has 154 valence electrons. The number of carbonyl (C=O) groups is 4. The number of rotatable bonds is 7. The first-order chi connectivity index (χ1) is 13.9. The van der Waals surface area contributed by atoms with Gasteiger partial charge in [-0.2, -0.15) is 0 Å². The van der Waals surface area contributed by atoms with Gasteiger partial charge in [-0.05, 0) is 48.4 Å². The van der Waals surface area contributed by atoms with Gasteiger partial charge in [-0.3, -0.25) is 19.3 Å². The monoisotopic (exact) mass is 420 g/mol. The van der Waals surface area contributed by atoms with E-state index in [4.69, 9.17) is 14.6 Å². The molecule has 29 heavy (non-hydrogen) atoms. The first kappa shape index (κ1) is 20.7. The van der Waals surface area contributed by atoms with Gasteiger partial charge in [0.05, 0.1) is 12.0 Å². The molecule has 2 saturated heterocycles. The molecule has 0 aromatic heterocycles. The number of likely N-dealkylation sites (tertiary alicyclic amines) is 1. The number of carbonyl (C=O) groups excluding carboxylic acids is 3. The Morgan fingerprint density at radius 1 is 1.21 bits per heavy atom. The number of methoxy groups -OCH3 is 1. The van der Waals surface area contributed by atoms with Crippen molar-refractivity contribution >= 4 is 40.9 Å². The molecule has 0 aliphatic carbocycles. The largest absolute Gasteiger partial charge is 0.493 e. The number of carboxylic acid groups (broad SMARTS) is 1. The maximum atomic E-state index is 12.6. The third-order valence-electron chi connectivity index (χ3n) is 4.46. The molecule has 0 radical (unpaired) electrons. The number of benzene rings is 1. The van der Waals surface area contributed by atoms with Crippen LogP contribution in [0.3, 0.4) is 0 Å². The Bertz CT molecular complexity index is 877. The fourth-order valence-electron chi connectivity index (χ4n) is 3.02. The van der Waals surface area contributed by atoms with Crippen molar-refractivity contribution < 1.29 is 33.8 Å². The molecule has 0 atom stereocenters. The van der Waals surface area contributed by atoms with Crippen molar-refractivity contribution in [2.75, 3.05) is 33.4 Å². The quantitative estimate of drug-likeness (QED) is 0.665. The van der Waals surface area contributed by atoms with Crippen molar-refractivity contribution in [3.05, 3.63) is 28.7 Å². The van der Waals surface area contributed by atoms with Crippen LogP contribution in [-0.4, -0.2) is 71.3 Å². The zero-order chi connectivity index (χ0) is 21.0. The molecular weight excluding hydrogens is 400 g/mol. The Hall–Kier alpha value is -3.01. The van der Waals surface area contributed by atoms with Gasteiger partial charge in [-0.25, -0.2) is 4.79 Å². The van der Waals surface area contributed by atoms with Gasteiger partial charge in [-0.1, -0.05) is 6.07 Å². The summed E-state index contributed by atoms with van der Waals surface area (Å²) in [5, 5.41) is 8.23. The van der Waals surface area contributed by atoms with Crippen LogP contribution in [-0.2, 0) is 14.4 Å². The lowest BCUT2D eigenvalue weighted by atomic mass is 10.2. The van der Waals surface area contributed by atoms with Crippen LogP contribution in [0, 0.1) is 0 Å². The number of aliphatic carboxylic acids is 1. The molecule has 10 heteroatoms. The van der Waals surface area contributed by atoms with E-state index in [2.05, 4.69) is 0 Å². The number of nitrogens with zero attached hydrogens (tertiary/aromatic N) is 2. The summed E-state index contributed by atoms with van der Waals surface area (Å²) in [5.41, 5.74) is 0.570. The van der Waals surface area contributed by atoms with Crippen LogP contribution in [0.15, 0.2) is 23.1 Å². The van der Waals surface area contributed by atoms with Gasteiger partial charge in [0, 0.05) is 13.1 Å². The molecule has 2 aliphatic rings. The minimum atomic E-state index is -1.12. The van der Waals surface area contributed by atoms with Crippen molar-refractivity contribution in [2.45, 2.75) is 12.8 Å². The van der Waals surface area contributed by atoms with E-state index in [0.717, 1.165) is 29.5 Å². The maximum absolute atomic E-state index is 12.6. The number of hydrogen-bond donors (Lipinski definition) is 1. The van der Waals surface area contributed by atoms with Gasteiger partial charge in [-0.15, -0.1) is 0 Å². The topological polar surface area (TPSA) is 113 Å². The summed E-state index contributed by atoms with van der Waals surface area (Å²) in [7, 11) is 1.41. The number of thioether (sulfide) groups is 1. The standard InChI is InChI=1S/C19H20N2O7S/c1-27-14-8-12(4-5-13(14)28-11-17(23)24)9-15-18(25)21(19(26)29-15)10-16(22)20-6-2-3-7-20/h4-5,8-9H,2-3,6-7,10-11H2,1H3,(H,23,24)/b15-9+. The molecule has 3 amide bonds. The SMILES string of the molecule is COc1cc(/C=C2/SC(=O)N(CC(=O)N3CCCC3)C2=O)ccc1OCC(=O)O. The number of amides is 3. The van der Waals surface area contributed by atoms with Crippen LogP contribution < -0.4 is 9.47 Å². The molecule has 2 aliphatic heterocycles. The molecule has 3 rings (SSSR count). The first-order valence-corrected chi connectivity index (χ1v) is 9.76. The Morgan fingerprint density at radius 2 is 1.93 bits per heavy atom. The van der Waals surface area contributed by atoms with E-state index >= 15 is 0 Å². The zero-order valence-electron chi connectivity index (χ0n) is 15.8. The average molecular weight is 420 g/mol. The second-order valence-corrected chi connectivity index (χ2v) is 7.44. The van der Waals surface area contributed by atoms with Gasteiger partial charge in [0.25, 0.3) is 11.1 Å². The first-order valence-electron chi connectivity index (χ1n) is 8.95. The number of carboxylic acids is 1. The highest BCUT2D eigenvalue weighted by atomic mass is 32.2. The summed E-state index contributed by atoms with van der Waals surface area (Å²) in [6.45, 7) is 0.537. The van der Waals surface area contributed by atoms with Crippen LogP contribution in [0.5, 0.6) is 11.5 Å². The Labute approximate surface area is 171 Å². The van der Waals surface area contributed by atoms with Crippen molar-refractivity contribution in [1.82, 2.24) is 9.80 Å². The highest BCUT2D eigenvalue weighted by molar-refractivity contribution is 8.18. The zero-order valence-corrected chi connectivity index (χ0v) is 16.6. The fraction of sp³-hybridized carbons (Fsp3) is 0.368. The molecule has 2 fully saturated rings. The summed E-state index contributed by atoms with van der Waals surface area (Å²) < 4.78 is 10.3. The highest BCUT2D eigenvalue weighted by Gasteiger charge is 2.37. The second kappa shape index (κ2) is 8.99. The molecule has 2 heterocycles. The van der Waals surface area contributed by atoms with Crippen LogP contribution in [0.1, 0.15) is 18.4 Å². The highest BCUT2D eigenvalue weighted by Crippen LogP contribution is 2.34. The molecule has 1 aromatic carbocycles. The van der Waals surface area contributed by atoms with E-state index in [1.54, 1.807) is 17.0 Å². The van der Waals surface area contributed by atoms with E-state index < -0.39 is 23.7 Å². The summed E-state index contributed by atoms with van der Waals surface area (Å²) >= 11 is 0.771. The lowest BCUT2D eigenvalue weighted by Crippen LogP contribution is -2.40. The third kappa shape index (κ3) is 4.89. The number of ether oxygens (including phenoxy) is 2. The van der Waals surface area contributed by atoms with Crippen LogP contribution in [0.25, 0.3) is 6.08 Å². The Morgan fingerprint density at radius 3 is 2.59 bits per heavy atom. The molecule has 1 aromatic rings. The Balaban J connectivity index is 1.73. The van der Waals surface area contributed by atoms with Gasteiger partial charge < -0.3 is 19.5 Å². The molecule has 0 spiro atoms. The normalized spacial score (nSPS) is 17.9. The smallest absolute Gasteiger partial charge is 0.341 e. The van der Waals surface area contributed by atoms with E-state index in [1.165, 1.54) is 19.3 Å². The third-order valence-corrected chi connectivity index (χ3v) is 5.37. The minimum Gasteiger partial charge on any atom is -0.493 e. The predicted molar refractivity (Wildman–Crippen MR) is 105 cm³/mol. The molecule has 1 N–H and O–H groups in total. The maximum Gasteiger partial charge on any atom is 0.341 e. The van der Waals surface area contributed by atoms with Gasteiger partial charge >= 0.3 is 5.97 Å². The van der Waals surface area contributed by atoms with E-state index in [0.29, 0.717) is 24.4 Å². The number of hydrogen-bond acceptors (Lipinski definition) is 7. The summed E-state index contributed by atoms with van der Waals surface area (Å²) in [5.74, 6) is -1.32. The van der Waals surface area contributed by atoms with E-state index in [-0.39, 0.29) is 23.1 Å². The molecule has 0 bridgehead atoms. The van der Waals surface area contributed by atoms with E-state index in [9.17, 15) is 19.2 Å². The lowest BCUT2D eigenvalue weighted by Gasteiger charge is -2.18. The lowest BCUT2D eigenvalue weighted by molar-refractivity contribution is -0.139. The van der Waals surface area contributed by atoms with E-state index in [1.807, 2.05) is 0 Å². The summed E-state index contributed by atoms with van der Waals surface area (Å²) in [6, 6.07) is 4.71. The van der Waals surface area contributed by atoms with Crippen molar-refractivity contribution in [1.29, 1.82) is 0 Å². The predicted octanol–water partition coefficient (Wildman–Crippen LogP) is 1.82. The molecule has 0 saturated carbocycles. The minimum absolute atomic E-state index is 0.200. The average Bonchev–Trinajstić information content (AvgIpc) is 3.31. The Kier molecular flexibility index (Phi) is 6.42. The molecule has 0 unspecified atom stereocenters. The summed E-state index contributed by atoms with van der Waals surface area (Å²) in [4.78, 5) is 50.5. The van der Waals surface area contributed by atoms with Gasteiger partial charge in [0.1, 0.15) is 6.54 Å². The van der Waals surface area contributed by atoms with Crippen molar-refractivity contribution in [2.24, 2.45) is 0 Å². The van der Waals surface area contributed by atoms with Crippen LogP contribution >= 0.6 is 11.8 Å².